The number of nitrogens with one attached hydrogen (secondary N) is 2. The predicted molar refractivity (Wildman–Crippen MR) is 127 cm³/mol. The van der Waals surface area contributed by atoms with E-state index in [0.717, 1.165) is 51.1 Å². The predicted octanol–water partition coefficient (Wildman–Crippen LogP) is 3.45. The molecule has 3 aromatic heterocycles. The number of aromatic amines is 1. The lowest BCUT2D eigenvalue weighted by Gasteiger charge is -2.31. The maximum Gasteiger partial charge on any atom is 0.263 e. The van der Waals surface area contributed by atoms with E-state index in [9.17, 15) is 4.79 Å². The fourth-order valence-corrected chi connectivity index (χ4v) is 4.90. The summed E-state index contributed by atoms with van der Waals surface area (Å²) in [5.41, 5.74) is 2.45. The Labute approximate surface area is 190 Å². The fraction of sp³-hybridized carbons (Fsp3) is 0.391. The van der Waals surface area contributed by atoms with Gasteiger partial charge in [0, 0.05) is 18.5 Å². The molecule has 1 fully saturated rings. The van der Waals surface area contributed by atoms with Gasteiger partial charge in [0.05, 0.1) is 22.6 Å². The van der Waals surface area contributed by atoms with Crippen molar-refractivity contribution in [3.05, 3.63) is 63.0 Å². The molecule has 0 unspecified atom stereocenters. The number of aryl methyl sites for hydroxylation is 1. The van der Waals surface area contributed by atoms with Crippen molar-refractivity contribution in [1.29, 1.82) is 0 Å². The molecule has 0 radical (unpaired) electrons. The highest BCUT2D eigenvalue weighted by Gasteiger charge is 2.20. The molecule has 1 saturated heterocycles. The van der Waals surface area contributed by atoms with E-state index in [0.29, 0.717) is 22.9 Å². The van der Waals surface area contributed by atoms with Gasteiger partial charge >= 0.3 is 0 Å². The lowest BCUT2D eigenvalue weighted by molar-refractivity contribution is 0.181. The summed E-state index contributed by atoms with van der Waals surface area (Å²) < 4.78 is 1.71. The second-order valence-corrected chi connectivity index (χ2v) is 9.17. The van der Waals surface area contributed by atoms with E-state index in [4.69, 9.17) is 4.98 Å². The lowest BCUT2D eigenvalue weighted by Crippen LogP contribution is -2.35. The second kappa shape index (κ2) is 9.22. The molecule has 4 heterocycles. The van der Waals surface area contributed by atoms with Crippen LogP contribution in [0.1, 0.15) is 30.5 Å². The summed E-state index contributed by atoms with van der Waals surface area (Å²) in [6.07, 6.45) is 4.81. The number of piperidine rings is 1. The van der Waals surface area contributed by atoms with E-state index in [1.807, 2.05) is 30.3 Å². The Morgan fingerprint density at radius 2 is 2.00 bits per heavy atom. The zero-order chi connectivity index (χ0) is 21.9. The minimum absolute atomic E-state index is 0.177. The molecule has 0 bridgehead atoms. The number of likely N-dealkylation sites (tertiary alicyclic amines) is 1. The SMILES string of the molecule is CCc1nc(CN2CCC(CNc3nc4c(cnn4-c4ccccc4)c(=O)[nH]3)CC2)cs1. The largest absolute Gasteiger partial charge is 0.355 e. The second-order valence-electron chi connectivity index (χ2n) is 8.23. The number of anilines is 1. The van der Waals surface area contributed by atoms with Crippen LogP contribution in [0.15, 0.2) is 46.7 Å². The van der Waals surface area contributed by atoms with Crippen molar-refractivity contribution in [2.24, 2.45) is 5.92 Å². The number of fused-ring (bicyclic) bond motifs is 1. The maximum absolute atomic E-state index is 12.5. The first kappa shape index (κ1) is 20.8. The standard InChI is InChI=1S/C23H27N7OS/c1-2-20-26-17(15-32-20)14-29-10-8-16(9-11-29)12-24-23-27-21-19(22(31)28-23)13-25-30(21)18-6-4-3-5-7-18/h3-7,13,15-16H,2,8-12,14H2,1H3,(H2,24,27,28,31). The van der Waals surface area contributed by atoms with Crippen LogP contribution in [0.2, 0.25) is 0 Å². The highest BCUT2D eigenvalue weighted by Crippen LogP contribution is 2.21. The molecule has 2 N–H and O–H groups in total. The first-order valence-electron chi connectivity index (χ1n) is 11.1. The maximum atomic E-state index is 12.5. The molecule has 1 aromatic carbocycles. The Morgan fingerprint density at radius 3 is 2.75 bits per heavy atom. The summed E-state index contributed by atoms with van der Waals surface area (Å²) >= 11 is 1.76. The van der Waals surface area contributed by atoms with E-state index >= 15 is 0 Å². The van der Waals surface area contributed by atoms with E-state index in [1.54, 1.807) is 22.2 Å². The van der Waals surface area contributed by atoms with Crippen molar-refractivity contribution in [3.8, 4) is 5.69 Å². The quantitative estimate of drug-likeness (QED) is 0.449. The molecule has 0 aliphatic carbocycles. The van der Waals surface area contributed by atoms with Crippen LogP contribution >= 0.6 is 11.3 Å². The molecule has 0 amide bonds. The van der Waals surface area contributed by atoms with Crippen LogP contribution in [-0.2, 0) is 13.0 Å². The van der Waals surface area contributed by atoms with Crippen LogP contribution in [0, 0.1) is 5.92 Å². The molecule has 166 valence electrons. The van der Waals surface area contributed by atoms with Crippen LogP contribution in [-0.4, -0.2) is 49.3 Å². The Hall–Kier alpha value is -3.04. The van der Waals surface area contributed by atoms with Gasteiger partial charge < -0.3 is 5.32 Å². The van der Waals surface area contributed by atoms with Crippen molar-refractivity contribution in [2.75, 3.05) is 25.0 Å². The van der Waals surface area contributed by atoms with Crippen LogP contribution in [0.25, 0.3) is 16.7 Å². The van der Waals surface area contributed by atoms with Gasteiger partial charge in [0.25, 0.3) is 5.56 Å². The molecule has 8 nitrogen and oxygen atoms in total. The van der Waals surface area contributed by atoms with Gasteiger partial charge in [-0.3, -0.25) is 14.7 Å². The van der Waals surface area contributed by atoms with Crippen LogP contribution in [0.3, 0.4) is 0 Å². The third-order valence-corrected chi connectivity index (χ3v) is 7.03. The number of rotatable bonds is 7. The molecule has 9 heteroatoms. The summed E-state index contributed by atoms with van der Waals surface area (Å²) in [7, 11) is 0. The highest BCUT2D eigenvalue weighted by atomic mass is 32.1. The van der Waals surface area contributed by atoms with Crippen molar-refractivity contribution >= 4 is 28.3 Å². The van der Waals surface area contributed by atoms with Crippen molar-refractivity contribution < 1.29 is 0 Å². The van der Waals surface area contributed by atoms with E-state index < -0.39 is 0 Å². The van der Waals surface area contributed by atoms with Gasteiger partial charge in [-0.2, -0.15) is 10.1 Å². The Balaban J connectivity index is 1.21. The van der Waals surface area contributed by atoms with Gasteiger partial charge in [-0.1, -0.05) is 25.1 Å². The Bertz CT molecular complexity index is 1240. The van der Waals surface area contributed by atoms with Gasteiger partial charge in [0.15, 0.2) is 5.65 Å². The van der Waals surface area contributed by atoms with Gasteiger partial charge in [0.1, 0.15) is 5.39 Å². The Morgan fingerprint density at radius 1 is 1.19 bits per heavy atom. The van der Waals surface area contributed by atoms with Crippen molar-refractivity contribution in [3.63, 3.8) is 0 Å². The highest BCUT2D eigenvalue weighted by molar-refractivity contribution is 7.09. The third kappa shape index (κ3) is 4.44. The molecule has 5 rings (SSSR count). The normalized spacial score (nSPS) is 15.4. The van der Waals surface area contributed by atoms with Crippen LogP contribution in [0.5, 0.6) is 0 Å². The third-order valence-electron chi connectivity index (χ3n) is 5.99. The molecule has 1 aliphatic heterocycles. The summed E-state index contributed by atoms with van der Waals surface area (Å²) in [5.74, 6) is 1.05. The molecule has 0 atom stereocenters. The summed E-state index contributed by atoms with van der Waals surface area (Å²) in [6, 6.07) is 9.74. The number of para-hydroxylation sites is 1. The van der Waals surface area contributed by atoms with Crippen LogP contribution in [0.4, 0.5) is 5.95 Å². The molecular weight excluding hydrogens is 422 g/mol. The topological polar surface area (TPSA) is 91.7 Å². The van der Waals surface area contributed by atoms with E-state index in [-0.39, 0.29) is 5.56 Å². The number of benzene rings is 1. The number of hydrogen-bond acceptors (Lipinski definition) is 7. The summed E-state index contributed by atoms with van der Waals surface area (Å²) in [5, 5.41) is 11.6. The van der Waals surface area contributed by atoms with Crippen molar-refractivity contribution in [1.82, 2.24) is 29.6 Å². The zero-order valence-electron chi connectivity index (χ0n) is 18.1. The number of hydrogen-bond donors (Lipinski definition) is 2. The smallest absolute Gasteiger partial charge is 0.263 e. The van der Waals surface area contributed by atoms with E-state index in [1.165, 1.54) is 10.7 Å². The van der Waals surface area contributed by atoms with Gasteiger partial charge in [-0.05, 0) is 50.4 Å². The molecule has 32 heavy (non-hydrogen) atoms. The van der Waals surface area contributed by atoms with E-state index in [2.05, 4.69) is 37.6 Å². The van der Waals surface area contributed by atoms with Gasteiger partial charge in [-0.15, -0.1) is 11.3 Å². The molecule has 0 saturated carbocycles. The van der Waals surface area contributed by atoms with Crippen LogP contribution < -0.4 is 10.9 Å². The monoisotopic (exact) mass is 449 g/mol. The summed E-state index contributed by atoms with van der Waals surface area (Å²) in [4.78, 5) is 27.2. The van der Waals surface area contributed by atoms with Crippen molar-refractivity contribution in [2.45, 2.75) is 32.7 Å². The molecular formula is C23H27N7OS. The average Bonchev–Trinajstić information content (AvgIpc) is 3.46. The lowest BCUT2D eigenvalue weighted by atomic mass is 9.97. The number of aromatic nitrogens is 5. The Kier molecular flexibility index (Phi) is 6.00. The number of H-pyrrole nitrogens is 1. The molecule has 0 spiro atoms. The first-order valence-corrected chi connectivity index (χ1v) is 12.0. The number of nitrogens with zero attached hydrogens (tertiary/aromatic N) is 5. The summed E-state index contributed by atoms with van der Waals surface area (Å²) in [6.45, 7) is 6.00. The number of thiazole rings is 1. The van der Waals surface area contributed by atoms with Gasteiger partial charge in [0.2, 0.25) is 5.95 Å². The fourth-order valence-electron chi connectivity index (χ4n) is 4.16. The molecule has 1 aliphatic rings. The molecule has 4 aromatic rings. The minimum atomic E-state index is -0.177. The minimum Gasteiger partial charge on any atom is -0.355 e. The first-order chi connectivity index (χ1) is 15.7. The zero-order valence-corrected chi connectivity index (χ0v) is 18.9. The average molecular weight is 450 g/mol. The van der Waals surface area contributed by atoms with Gasteiger partial charge in [-0.25, -0.2) is 9.67 Å².